The molecule has 0 aliphatic carbocycles. The number of aromatic nitrogens is 2. The minimum Gasteiger partial charge on any atom is -0.497 e. The van der Waals surface area contributed by atoms with Gasteiger partial charge in [-0.05, 0) is 65.6 Å². The van der Waals surface area contributed by atoms with E-state index >= 15 is 0 Å². The van der Waals surface area contributed by atoms with E-state index in [9.17, 15) is 0 Å². The number of fused-ring (bicyclic) bond motifs is 2. The Morgan fingerprint density at radius 1 is 1.00 bits per heavy atom. The zero-order valence-electron chi connectivity index (χ0n) is 14.9. The molecular formula is C22H18N2O3. The average Bonchev–Trinajstić information content (AvgIpc) is 3.17. The zero-order valence-corrected chi connectivity index (χ0v) is 14.9. The van der Waals surface area contributed by atoms with E-state index in [1.807, 2.05) is 42.5 Å². The van der Waals surface area contributed by atoms with E-state index in [1.165, 1.54) is 0 Å². The van der Waals surface area contributed by atoms with Crippen LogP contribution in [0, 0.1) is 0 Å². The van der Waals surface area contributed by atoms with Crippen molar-refractivity contribution in [3.05, 3.63) is 72.4 Å². The van der Waals surface area contributed by atoms with Gasteiger partial charge in [0.15, 0.2) is 5.58 Å². The first-order valence-electron chi connectivity index (χ1n) is 8.91. The number of methoxy groups -OCH3 is 1. The fourth-order valence-corrected chi connectivity index (χ4v) is 3.50. The van der Waals surface area contributed by atoms with E-state index in [1.54, 1.807) is 19.5 Å². The van der Waals surface area contributed by atoms with Gasteiger partial charge in [-0.3, -0.25) is 4.98 Å². The first kappa shape index (κ1) is 15.9. The van der Waals surface area contributed by atoms with Crippen molar-refractivity contribution in [1.82, 2.24) is 9.97 Å². The van der Waals surface area contributed by atoms with Crippen LogP contribution in [0.25, 0.3) is 22.2 Å². The summed E-state index contributed by atoms with van der Waals surface area (Å²) in [6.07, 6.45) is 4.39. The summed E-state index contributed by atoms with van der Waals surface area (Å²) < 4.78 is 17.3. The molecule has 0 bridgehead atoms. The molecule has 0 amide bonds. The molecule has 2 aromatic heterocycles. The molecule has 2 aromatic carbocycles. The van der Waals surface area contributed by atoms with E-state index in [0.717, 1.165) is 45.7 Å². The molecule has 0 spiro atoms. The lowest BCUT2D eigenvalue weighted by Gasteiger charge is -2.23. The topological polar surface area (TPSA) is 57.4 Å². The van der Waals surface area contributed by atoms with Gasteiger partial charge in [0, 0.05) is 12.4 Å². The van der Waals surface area contributed by atoms with Crippen LogP contribution < -0.4 is 9.47 Å². The van der Waals surface area contributed by atoms with E-state index in [2.05, 4.69) is 11.1 Å². The number of pyridine rings is 1. The van der Waals surface area contributed by atoms with Gasteiger partial charge in [-0.1, -0.05) is 6.07 Å². The molecule has 0 unspecified atom stereocenters. The zero-order chi connectivity index (χ0) is 18.2. The monoisotopic (exact) mass is 358 g/mol. The van der Waals surface area contributed by atoms with Gasteiger partial charge < -0.3 is 13.9 Å². The highest BCUT2D eigenvalue weighted by atomic mass is 16.5. The summed E-state index contributed by atoms with van der Waals surface area (Å²) in [7, 11) is 1.67. The lowest BCUT2D eigenvalue weighted by molar-refractivity contribution is 0.243. The fraction of sp³-hybridized carbons (Fsp3) is 0.182. The molecule has 4 aromatic rings. The maximum Gasteiger partial charge on any atom is 0.202 e. The highest BCUT2D eigenvalue weighted by Crippen LogP contribution is 2.35. The predicted molar refractivity (Wildman–Crippen MR) is 102 cm³/mol. The number of hydrogen-bond donors (Lipinski definition) is 0. The van der Waals surface area contributed by atoms with Crippen molar-refractivity contribution in [1.29, 1.82) is 0 Å². The molecule has 1 atom stereocenters. The van der Waals surface area contributed by atoms with Crippen molar-refractivity contribution in [3.63, 3.8) is 0 Å². The van der Waals surface area contributed by atoms with Crippen LogP contribution in [0.5, 0.6) is 11.5 Å². The number of benzene rings is 2. The molecule has 0 N–H and O–H groups in total. The Balaban J connectivity index is 1.47. The summed E-state index contributed by atoms with van der Waals surface area (Å²) in [6.45, 7) is 0.559. The number of oxazole rings is 1. The van der Waals surface area contributed by atoms with Crippen molar-refractivity contribution < 1.29 is 13.9 Å². The highest BCUT2D eigenvalue weighted by molar-refractivity contribution is 5.80. The van der Waals surface area contributed by atoms with E-state index in [0.29, 0.717) is 12.5 Å². The van der Waals surface area contributed by atoms with Crippen molar-refractivity contribution in [2.75, 3.05) is 13.7 Å². The molecule has 5 nitrogen and oxygen atoms in total. The summed E-state index contributed by atoms with van der Waals surface area (Å²) in [5.74, 6) is 2.53. The molecule has 0 saturated heterocycles. The number of ether oxygens (including phenoxy) is 2. The summed E-state index contributed by atoms with van der Waals surface area (Å²) >= 11 is 0. The second-order valence-electron chi connectivity index (χ2n) is 6.66. The molecule has 0 saturated carbocycles. The smallest absolute Gasteiger partial charge is 0.202 e. The summed E-state index contributed by atoms with van der Waals surface area (Å²) in [4.78, 5) is 8.77. The first-order chi connectivity index (χ1) is 13.3. The van der Waals surface area contributed by atoms with Crippen molar-refractivity contribution in [2.45, 2.75) is 12.3 Å². The largest absolute Gasteiger partial charge is 0.497 e. The van der Waals surface area contributed by atoms with E-state index in [4.69, 9.17) is 18.9 Å². The van der Waals surface area contributed by atoms with Crippen molar-refractivity contribution >= 4 is 11.1 Å². The molecule has 1 aliphatic rings. The molecule has 5 rings (SSSR count). The van der Waals surface area contributed by atoms with E-state index < -0.39 is 0 Å². The van der Waals surface area contributed by atoms with Crippen LogP contribution in [0.15, 0.2) is 65.3 Å². The Hall–Kier alpha value is -3.34. The number of hydrogen-bond acceptors (Lipinski definition) is 5. The minimum absolute atomic E-state index is 0.0846. The van der Waals surface area contributed by atoms with Crippen molar-refractivity contribution in [2.24, 2.45) is 0 Å². The normalized spacial score (nSPS) is 16.0. The maximum absolute atomic E-state index is 6.10. The Labute approximate surface area is 156 Å². The summed E-state index contributed by atoms with van der Waals surface area (Å²) in [6, 6.07) is 15.9. The molecule has 0 radical (unpaired) electrons. The van der Waals surface area contributed by atoms with Gasteiger partial charge in [0.05, 0.1) is 13.0 Å². The molecule has 1 aliphatic heterocycles. The van der Waals surface area contributed by atoms with Crippen LogP contribution in [0.1, 0.15) is 17.4 Å². The molecule has 5 heteroatoms. The fourth-order valence-electron chi connectivity index (χ4n) is 3.50. The molecular weight excluding hydrogens is 340 g/mol. The standard InChI is InChI=1S/C22H18N2O3/c1-25-18-3-5-20-16(11-18)10-17(13-26-20)22-24-19-4-2-15(12-21(19)27-22)14-6-8-23-9-7-14/h2-9,11-12,17H,10,13H2,1H3/t17-/m1/s1. The lowest BCUT2D eigenvalue weighted by Crippen LogP contribution is -2.19. The number of nitrogens with zero attached hydrogens (tertiary/aromatic N) is 2. The van der Waals surface area contributed by atoms with Crippen LogP contribution in [0.2, 0.25) is 0 Å². The second-order valence-corrected chi connectivity index (χ2v) is 6.66. The van der Waals surface area contributed by atoms with Crippen molar-refractivity contribution in [3.8, 4) is 22.6 Å². The quantitative estimate of drug-likeness (QED) is 0.535. The Bertz CT molecular complexity index is 1110. The first-order valence-corrected chi connectivity index (χ1v) is 8.91. The maximum atomic E-state index is 6.10. The Morgan fingerprint density at radius 3 is 2.74 bits per heavy atom. The predicted octanol–water partition coefficient (Wildman–Crippen LogP) is 4.62. The van der Waals surface area contributed by atoms with Gasteiger partial charge in [0.1, 0.15) is 23.6 Å². The SMILES string of the molecule is COc1ccc2c(c1)C[C@@H](c1nc3ccc(-c4ccncc4)cc3o1)CO2. The Kier molecular flexibility index (Phi) is 3.78. The Morgan fingerprint density at radius 2 is 1.89 bits per heavy atom. The third-order valence-corrected chi connectivity index (χ3v) is 4.94. The van der Waals surface area contributed by atoms with Crippen LogP contribution in [0.4, 0.5) is 0 Å². The lowest BCUT2D eigenvalue weighted by atomic mass is 9.96. The van der Waals surface area contributed by atoms with Gasteiger partial charge in [-0.15, -0.1) is 0 Å². The van der Waals surface area contributed by atoms with Gasteiger partial charge >= 0.3 is 0 Å². The van der Waals surface area contributed by atoms with Gasteiger partial charge in [-0.2, -0.15) is 0 Å². The molecule has 27 heavy (non-hydrogen) atoms. The average molecular weight is 358 g/mol. The van der Waals surface area contributed by atoms with Gasteiger partial charge in [-0.25, -0.2) is 4.98 Å². The minimum atomic E-state index is 0.0846. The highest BCUT2D eigenvalue weighted by Gasteiger charge is 2.26. The molecule has 3 heterocycles. The second kappa shape index (κ2) is 6.43. The van der Waals surface area contributed by atoms with Gasteiger partial charge in [0.2, 0.25) is 5.89 Å². The third kappa shape index (κ3) is 2.91. The number of rotatable bonds is 3. The third-order valence-electron chi connectivity index (χ3n) is 4.94. The van der Waals surface area contributed by atoms with Crippen LogP contribution in [0.3, 0.4) is 0 Å². The molecule has 134 valence electrons. The van der Waals surface area contributed by atoms with Crippen LogP contribution in [-0.2, 0) is 6.42 Å². The molecule has 0 fully saturated rings. The summed E-state index contributed by atoms with van der Waals surface area (Å²) in [5, 5.41) is 0. The van der Waals surface area contributed by atoms with Crippen LogP contribution >= 0.6 is 0 Å². The van der Waals surface area contributed by atoms with E-state index in [-0.39, 0.29) is 5.92 Å². The van der Waals surface area contributed by atoms with Gasteiger partial charge in [0.25, 0.3) is 0 Å². The van der Waals surface area contributed by atoms with Crippen LogP contribution in [-0.4, -0.2) is 23.7 Å². The summed E-state index contributed by atoms with van der Waals surface area (Å²) in [5.41, 5.74) is 4.95.